The number of carbonyl (C=O) groups is 1. The summed E-state index contributed by atoms with van der Waals surface area (Å²) in [6.45, 7) is 3.66. The van der Waals surface area contributed by atoms with Crippen LogP contribution < -0.4 is 10.2 Å². The van der Waals surface area contributed by atoms with Crippen molar-refractivity contribution in [1.29, 1.82) is 0 Å². The monoisotopic (exact) mass is 398 g/mol. The normalized spacial score (nSPS) is 11.3. The number of hydrogen-bond donors (Lipinski definition) is 1. The third kappa shape index (κ3) is 5.63. The van der Waals surface area contributed by atoms with Crippen LogP contribution in [0.2, 0.25) is 15.1 Å². The third-order valence-corrected chi connectivity index (χ3v) is 4.48. The van der Waals surface area contributed by atoms with Crippen molar-refractivity contribution in [3.05, 3.63) is 62.6 Å². The van der Waals surface area contributed by atoms with Gasteiger partial charge in [-0.15, -0.1) is 0 Å². The SMILES string of the molecule is CCc1ccc(C(C)=NNC(=O)COc2cc(Cl)c(Cl)cc2Cl)cc1. The summed E-state index contributed by atoms with van der Waals surface area (Å²) >= 11 is 17.7. The number of carbonyl (C=O) groups excluding carboxylic acids is 1. The van der Waals surface area contributed by atoms with Gasteiger partial charge in [0.1, 0.15) is 5.75 Å². The molecule has 0 aromatic heterocycles. The molecule has 0 heterocycles. The first-order chi connectivity index (χ1) is 11.9. The molecule has 25 heavy (non-hydrogen) atoms. The lowest BCUT2D eigenvalue weighted by Gasteiger charge is -2.09. The van der Waals surface area contributed by atoms with Crippen LogP contribution in [0.1, 0.15) is 25.0 Å². The predicted octanol–water partition coefficient (Wildman–Crippen LogP) is 5.13. The Hall–Kier alpha value is -1.75. The summed E-state index contributed by atoms with van der Waals surface area (Å²) in [7, 11) is 0. The second-order valence-electron chi connectivity index (χ2n) is 5.27. The van der Waals surface area contributed by atoms with Crippen LogP contribution in [-0.2, 0) is 11.2 Å². The van der Waals surface area contributed by atoms with Crippen LogP contribution in [0.4, 0.5) is 0 Å². The van der Waals surface area contributed by atoms with Gasteiger partial charge in [0.2, 0.25) is 0 Å². The van der Waals surface area contributed by atoms with Crippen LogP contribution in [0.5, 0.6) is 5.75 Å². The zero-order valence-corrected chi connectivity index (χ0v) is 16.0. The maximum Gasteiger partial charge on any atom is 0.277 e. The molecule has 2 aromatic carbocycles. The van der Waals surface area contributed by atoms with Crippen molar-refractivity contribution < 1.29 is 9.53 Å². The van der Waals surface area contributed by atoms with Crippen molar-refractivity contribution in [2.24, 2.45) is 5.10 Å². The van der Waals surface area contributed by atoms with Crippen LogP contribution >= 0.6 is 34.8 Å². The van der Waals surface area contributed by atoms with E-state index in [9.17, 15) is 4.79 Å². The van der Waals surface area contributed by atoms with Crippen molar-refractivity contribution >= 4 is 46.4 Å². The topological polar surface area (TPSA) is 50.7 Å². The van der Waals surface area contributed by atoms with E-state index in [1.807, 2.05) is 31.2 Å². The van der Waals surface area contributed by atoms with Gasteiger partial charge in [-0.25, -0.2) is 5.43 Å². The minimum atomic E-state index is -0.410. The number of nitrogens with zero attached hydrogens (tertiary/aromatic N) is 1. The number of rotatable bonds is 6. The molecular formula is C18H17Cl3N2O2. The summed E-state index contributed by atoms with van der Waals surface area (Å²) < 4.78 is 5.35. The molecule has 0 radical (unpaired) electrons. The molecule has 2 aromatic rings. The Kier molecular flexibility index (Phi) is 7.12. The first-order valence-electron chi connectivity index (χ1n) is 7.60. The fraction of sp³-hybridized carbons (Fsp3) is 0.222. The van der Waals surface area contributed by atoms with Crippen molar-refractivity contribution in [3.63, 3.8) is 0 Å². The molecule has 0 spiro atoms. The molecule has 4 nitrogen and oxygen atoms in total. The molecule has 2 rings (SSSR count). The third-order valence-electron chi connectivity index (χ3n) is 3.46. The molecular weight excluding hydrogens is 383 g/mol. The van der Waals surface area contributed by atoms with E-state index in [0.29, 0.717) is 15.8 Å². The van der Waals surface area contributed by atoms with Crippen molar-refractivity contribution in [2.75, 3.05) is 6.61 Å². The lowest BCUT2D eigenvalue weighted by molar-refractivity contribution is -0.123. The Morgan fingerprint density at radius 2 is 1.72 bits per heavy atom. The van der Waals surface area contributed by atoms with E-state index in [2.05, 4.69) is 17.5 Å². The zero-order chi connectivity index (χ0) is 18.4. The summed E-state index contributed by atoms with van der Waals surface area (Å²) in [5, 5.41) is 4.96. The van der Waals surface area contributed by atoms with Gasteiger partial charge in [0.25, 0.3) is 5.91 Å². The van der Waals surface area contributed by atoms with E-state index in [1.165, 1.54) is 17.7 Å². The highest BCUT2D eigenvalue weighted by atomic mass is 35.5. The zero-order valence-electron chi connectivity index (χ0n) is 13.8. The van der Waals surface area contributed by atoms with Crippen molar-refractivity contribution in [2.45, 2.75) is 20.3 Å². The second-order valence-corrected chi connectivity index (χ2v) is 6.49. The number of nitrogens with one attached hydrogen (secondary N) is 1. The molecule has 0 aliphatic rings. The Morgan fingerprint density at radius 1 is 1.08 bits per heavy atom. The van der Waals surface area contributed by atoms with Gasteiger partial charge >= 0.3 is 0 Å². The highest BCUT2D eigenvalue weighted by Gasteiger charge is 2.09. The largest absolute Gasteiger partial charge is 0.482 e. The number of ether oxygens (including phenoxy) is 1. The minimum absolute atomic E-state index is 0.247. The van der Waals surface area contributed by atoms with Gasteiger partial charge in [-0.1, -0.05) is 66.0 Å². The Bertz CT molecular complexity index is 790. The van der Waals surface area contributed by atoms with E-state index in [1.54, 1.807) is 0 Å². The molecule has 0 saturated carbocycles. The first-order valence-corrected chi connectivity index (χ1v) is 8.74. The van der Waals surface area contributed by atoms with Crippen LogP contribution in [0.15, 0.2) is 41.5 Å². The molecule has 0 aliphatic carbocycles. The number of hydrazone groups is 1. The average Bonchev–Trinajstić information content (AvgIpc) is 2.61. The Balaban J connectivity index is 1.92. The number of benzene rings is 2. The first kappa shape index (κ1) is 19.6. The summed E-state index contributed by atoms with van der Waals surface area (Å²) in [4.78, 5) is 11.9. The maximum atomic E-state index is 11.9. The fourth-order valence-corrected chi connectivity index (χ4v) is 2.57. The molecule has 0 atom stereocenters. The van der Waals surface area contributed by atoms with Gasteiger partial charge in [0.05, 0.1) is 20.8 Å². The van der Waals surface area contributed by atoms with Gasteiger partial charge in [-0.05, 0) is 30.5 Å². The fourth-order valence-electron chi connectivity index (χ4n) is 1.98. The van der Waals surface area contributed by atoms with Gasteiger partial charge in [0, 0.05) is 6.07 Å². The molecule has 132 valence electrons. The highest BCUT2D eigenvalue weighted by Crippen LogP contribution is 2.33. The van der Waals surface area contributed by atoms with E-state index in [0.717, 1.165) is 12.0 Å². The summed E-state index contributed by atoms with van der Waals surface area (Å²) in [6, 6.07) is 10.9. The maximum absolute atomic E-state index is 11.9. The smallest absolute Gasteiger partial charge is 0.277 e. The van der Waals surface area contributed by atoms with Crippen molar-refractivity contribution in [3.8, 4) is 5.75 Å². The molecule has 1 amide bonds. The molecule has 0 bridgehead atoms. The molecule has 0 unspecified atom stereocenters. The Labute approximate surface area is 161 Å². The quantitative estimate of drug-likeness (QED) is 0.416. The van der Waals surface area contributed by atoms with E-state index in [-0.39, 0.29) is 17.4 Å². The lowest BCUT2D eigenvalue weighted by Crippen LogP contribution is -2.25. The minimum Gasteiger partial charge on any atom is -0.482 e. The molecule has 7 heteroatoms. The molecule has 1 N–H and O–H groups in total. The van der Waals surface area contributed by atoms with Crippen LogP contribution in [-0.4, -0.2) is 18.2 Å². The number of aryl methyl sites for hydroxylation is 1. The lowest BCUT2D eigenvalue weighted by atomic mass is 10.1. The standard InChI is InChI=1S/C18H17Cl3N2O2/c1-3-12-4-6-13(7-5-12)11(2)22-23-18(24)10-25-17-9-15(20)14(19)8-16(17)21/h4-9H,3,10H2,1-2H3,(H,23,24). The second kappa shape index (κ2) is 9.09. The van der Waals surface area contributed by atoms with Gasteiger partial charge in [-0.2, -0.15) is 5.10 Å². The number of hydrogen-bond acceptors (Lipinski definition) is 3. The molecule has 0 saturated heterocycles. The number of halogens is 3. The summed E-state index contributed by atoms with van der Waals surface area (Å²) in [6.07, 6.45) is 0.974. The Morgan fingerprint density at radius 3 is 2.36 bits per heavy atom. The summed E-state index contributed by atoms with van der Waals surface area (Å²) in [5.41, 5.74) is 5.32. The summed E-state index contributed by atoms with van der Waals surface area (Å²) in [5.74, 6) is -0.131. The molecule has 0 fully saturated rings. The van der Waals surface area contributed by atoms with Crippen LogP contribution in [0.3, 0.4) is 0 Å². The van der Waals surface area contributed by atoms with E-state index in [4.69, 9.17) is 39.5 Å². The van der Waals surface area contributed by atoms with Crippen LogP contribution in [0, 0.1) is 0 Å². The van der Waals surface area contributed by atoms with E-state index < -0.39 is 5.91 Å². The van der Waals surface area contributed by atoms with E-state index >= 15 is 0 Å². The van der Waals surface area contributed by atoms with Gasteiger partial charge < -0.3 is 4.74 Å². The van der Waals surface area contributed by atoms with Crippen molar-refractivity contribution in [1.82, 2.24) is 5.43 Å². The number of amides is 1. The average molecular weight is 400 g/mol. The van der Waals surface area contributed by atoms with Gasteiger partial charge in [0.15, 0.2) is 6.61 Å². The predicted molar refractivity (Wildman–Crippen MR) is 103 cm³/mol. The molecule has 0 aliphatic heterocycles. The van der Waals surface area contributed by atoms with Gasteiger partial charge in [-0.3, -0.25) is 4.79 Å². The highest BCUT2D eigenvalue weighted by molar-refractivity contribution is 6.43. The van der Waals surface area contributed by atoms with Crippen LogP contribution in [0.25, 0.3) is 0 Å².